The van der Waals surface area contributed by atoms with Gasteiger partial charge in [-0.1, -0.05) is 26.8 Å². The second kappa shape index (κ2) is 12.1. The highest BCUT2D eigenvalue weighted by atomic mass is 19.1. The summed E-state index contributed by atoms with van der Waals surface area (Å²) in [5.41, 5.74) is 3.14. The van der Waals surface area contributed by atoms with Crippen molar-refractivity contribution in [3.8, 4) is 28.2 Å². The molecule has 1 atom stereocenters. The minimum Gasteiger partial charge on any atom is -0.490 e. The summed E-state index contributed by atoms with van der Waals surface area (Å²) in [5, 5.41) is 16.2. The lowest BCUT2D eigenvalue weighted by Crippen LogP contribution is -2.27. The molecule has 0 bridgehead atoms. The van der Waals surface area contributed by atoms with Crippen LogP contribution in [0.4, 0.5) is 4.39 Å². The summed E-state index contributed by atoms with van der Waals surface area (Å²) < 4.78 is 25.6. The summed E-state index contributed by atoms with van der Waals surface area (Å²) >= 11 is 0. The van der Waals surface area contributed by atoms with Crippen LogP contribution in [0.2, 0.25) is 0 Å². The van der Waals surface area contributed by atoms with E-state index in [1.807, 2.05) is 32.9 Å². The molecule has 1 heterocycles. The first-order valence-electron chi connectivity index (χ1n) is 13.0. The Morgan fingerprint density at radius 2 is 1.72 bits per heavy atom. The van der Waals surface area contributed by atoms with Crippen molar-refractivity contribution < 1.29 is 28.2 Å². The van der Waals surface area contributed by atoms with Gasteiger partial charge in [0.2, 0.25) is 0 Å². The van der Waals surface area contributed by atoms with Crippen molar-refractivity contribution in [3.63, 3.8) is 0 Å². The summed E-state index contributed by atoms with van der Waals surface area (Å²) in [6.07, 6.45) is -0.102. The lowest BCUT2D eigenvalue weighted by Gasteiger charge is -2.16. The third-order valence-corrected chi connectivity index (χ3v) is 6.37. The van der Waals surface area contributed by atoms with E-state index in [4.69, 9.17) is 9.15 Å². The molecule has 4 aromatic rings. The normalized spacial score (nSPS) is 12.0. The summed E-state index contributed by atoms with van der Waals surface area (Å²) in [4.78, 5) is 25.8. The van der Waals surface area contributed by atoms with Gasteiger partial charge >= 0.3 is 0 Å². The van der Waals surface area contributed by atoms with Gasteiger partial charge in [0.15, 0.2) is 0 Å². The van der Waals surface area contributed by atoms with Crippen LogP contribution in [0, 0.1) is 11.7 Å². The molecule has 0 aliphatic rings. The van der Waals surface area contributed by atoms with Crippen molar-refractivity contribution >= 4 is 22.8 Å². The highest BCUT2D eigenvalue weighted by molar-refractivity contribution is 6.12. The quantitative estimate of drug-likeness (QED) is 0.240. The number of ether oxygens (including phenoxy) is 1. The van der Waals surface area contributed by atoms with Gasteiger partial charge in [0.05, 0.1) is 11.7 Å². The Balaban J connectivity index is 1.84. The third-order valence-electron chi connectivity index (χ3n) is 6.37. The summed E-state index contributed by atoms with van der Waals surface area (Å²) in [5.74, 6) is 0.163. The molecule has 4 rings (SSSR count). The van der Waals surface area contributed by atoms with Gasteiger partial charge in [0.1, 0.15) is 29.5 Å². The van der Waals surface area contributed by atoms with Crippen LogP contribution in [0.1, 0.15) is 47.9 Å². The Morgan fingerprint density at radius 3 is 2.38 bits per heavy atom. The molecule has 204 valence electrons. The number of aliphatic hydroxyl groups is 1. The van der Waals surface area contributed by atoms with Crippen LogP contribution in [0.5, 0.6) is 5.75 Å². The van der Waals surface area contributed by atoms with Crippen molar-refractivity contribution in [2.75, 3.05) is 20.2 Å². The monoisotopic (exact) mass is 532 g/mol. The molecule has 39 heavy (non-hydrogen) atoms. The van der Waals surface area contributed by atoms with E-state index in [-0.39, 0.29) is 18.4 Å². The van der Waals surface area contributed by atoms with Crippen LogP contribution in [-0.2, 0) is 0 Å². The van der Waals surface area contributed by atoms with E-state index in [1.165, 1.54) is 19.2 Å². The van der Waals surface area contributed by atoms with Crippen LogP contribution in [-0.4, -0.2) is 43.2 Å². The minimum absolute atomic E-state index is 0.0918. The average Bonchev–Trinajstić information content (AvgIpc) is 3.33. The van der Waals surface area contributed by atoms with Gasteiger partial charge in [-0.15, -0.1) is 0 Å². The van der Waals surface area contributed by atoms with Crippen LogP contribution in [0.25, 0.3) is 33.4 Å². The number of benzene rings is 3. The number of fused-ring (bicyclic) bond motifs is 1. The number of rotatable bonds is 10. The zero-order valence-corrected chi connectivity index (χ0v) is 22.5. The number of hydrogen-bond acceptors (Lipinski definition) is 5. The Kier molecular flexibility index (Phi) is 8.66. The van der Waals surface area contributed by atoms with Gasteiger partial charge in [-0.2, -0.15) is 0 Å². The van der Waals surface area contributed by atoms with Crippen LogP contribution in [0.3, 0.4) is 0 Å². The fraction of sp³-hybridized carbons (Fsp3) is 0.290. The zero-order chi connectivity index (χ0) is 28.1. The molecule has 0 radical (unpaired) electrons. The lowest BCUT2D eigenvalue weighted by molar-refractivity contribution is 0.0945. The molecule has 3 N–H and O–H groups in total. The van der Waals surface area contributed by atoms with Crippen molar-refractivity contribution in [2.45, 2.75) is 33.3 Å². The molecule has 0 spiro atoms. The maximum atomic E-state index is 13.6. The lowest BCUT2D eigenvalue weighted by atomic mass is 9.98. The van der Waals surface area contributed by atoms with Crippen LogP contribution >= 0.6 is 0 Å². The molecule has 0 saturated heterocycles. The van der Waals surface area contributed by atoms with Crippen molar-refractivity contribution in [1.82, 2.24) is 10.6 Å². The van der Waals surface area contributed by atoms with Crippen molar-refractivity contribution in [3.05, 3.63) is 77.6 Å². The number of aliphatic hydroxyl groups excluding tert-OH is 1. The molecule has 0 saturated carbocycles. The van der Waals surface area contributed by atoms with E-state index in [2.05, 4.69) is 10.6 Å². The molecule has 2 amide bonds. The number of nitrogens with one attached hydrogen (secondary N) is 2. The molecule has 1 unspecified atom stereocenters. The van der Waals surface area contributed by atoms with Crippen LogP contribution in [0.15, 0.2) is 65.1 Å². The number of furan rings is 1. The summed E-state index contributed by atoms with van der Waals surface area (Å²) in [6, 6.07) is 16.3. The Bertz CT molecular complexity index is 1480. The first-order valence-corrected chi connectivity index (χ1v) is 13.0. The van der Waals surface area contributed by atoms with E-state index < -0.39 is 11.9 Å². The number of amides is 2. The SMILES string of the molecule is CCC(O)COc1ccc(C(=O)NCC(C)C)cc1-c1ccc2oc(-c3ccc(F)cc3)c(C(=O)NC)c2c1. The standard InChI is InChI=1S/C31H33FN2O5/c1-5-23(35)17-38-26-12-9-21(30(36)34-16-18(2)3)15-24(26)20-8-13-27-25(14-20)28(31(37)33-4)29(39-27)19-6-10-22(32)11-7-19/h6-15,18,23,35H,5,16-17H2,1-4H3,(H,33,37)(H,34,36). The topological polar surface area (TPSA) is 101 Å². The highest BCUT2D eigenvalue weighted by Gasteiger charge is 2.23. The van der Waals surface area contributed by atoms with Crippen molar-refractivity contribution in [2.24, 2.45) is 5.92 Å². The molecule has 0 aliphatic heterocycles. The van der Waals surface area contributed by atoms with Gasteiger partial charge in [0.25, 0.3) is 11.8 Å². The highest BCUT2D eigenvalue weighted by Crippen LogP contribution is 2.38. The van der Waals surface area contributed by atoms with Gasteiger partial charge in [-0.05, 0) is 72.5 Å². The van der Waals surface area contributed by atoms with E-state index >= 15 is 0 Å². The molecular formula is C31H33FN2O5. The third kappa shape index (κ3) is 6.29. The number of hydrogen-bond donors (Lipinski definition) is 3. The fourth-order valence-corrected chi connectivity index (χ4v) is 4.15. The first kappa shape index (κ1) is 27.9. The molecular weight excluding hydrogens is 499 g/mol. The Morgan fingerprint density at radius 1 is 1.00 bits per heavy atom. The summed E-state index contributed by atoms with van der Waals surface area (Å²) in [7, 11) is 1.53. The summed E-state index contributed by atoms with van der Waals surface area (Å²) in [6.45, 7) is 6.54. The molecule has 8 heteroatoms. The van der Waals surface area contributed by atoms with E-state index in [0.717, 1.165) is 0 Å². The predicted octanol–water partition coefficient (Wildman–Crippen LogP) is 5.80. The van der Waals surface area contributed by atoms with E-state index in [0.29, 0.717) is 69.2 Å². The molecule has 1 aromatic heterocycles. The maximum absolute atomic E-state index is 13.6. The molecule has 0 aliphatic carbocycles. The smallest absolute Gasteiger partial charge is 0.255 e. The first-order chi connectivity index (χ1) is 18.7. The molecule has 3 aromatic carbocycles. The number of carbonyl (C=O) groups is 2. The predicted molar refractivity (Wildman–Crippen MR) is 149 cm³/mol. The van der Waals surface area contributed by atoms with E-state index in [9.17, 15) is 19.1 Å². The number of carbonyl (C=O) groups excluding carboxylic acids is 2. The van der Waals surface area contributed by atoms with Gasteiger partial charge in [0, 0.05) is 35.7 Å². The Hall–Kier alpha value is -4.17. The maximum Gasteiger partial charge on any atom is 0.255 e. The molecule has 7 nitrogen and oxygen atoms in total. The van der Waals surface area contributed by atoms with E-state index in [1.54, 1.807) is 36.4 Å². The average molecular weight is 533 g/mol. The zero-order valence-electron chi connectivity index (χ0n) is 22.5. The molecule has 0 fully saturated rings. The second-order valence-electron chi connectivity index (χ2n) is 9.79. The van der Waals surface area contributed by atoms with Crippen molar-refractivity contribution in [1.29, 1.82) is 0 Å². The Labute approximate surface area is 227 Å². The van der Waals surface area contributed by atoms with Crippen LogP contribution < -0.4 is 15.4 Å². The van der Waals surface area contributed by atoms with Gasteiger partial charge in [-0.25, -0.2) is 4.39 Å². The van der Waals surface area contributed by atoms with Gasteiger partial charge in [-0.3, -0.25) is 9.59 Å². The minimum atomic E-state index is -0.638. The second-order valence-corrected chi connectivity index (χ2v) is 9.79. The largest absolute Gasteiger partial charge is 0.490 e. The van der Waals surface area contributed by atoms with Gasteiger partial charge < -0.3 is 24.9 Å². The number of halogens is 1. The fourth-order valence-electron chi connectivity index (χ4n) is 4.15.